The highest BCUT2D eigenvalue weighted by Gasteiger charge is 2.17. The smallest absolute Gasteiger partial charge is 0.224 e. The van der Waals surface area contributed by atoms with Gasteiger partial charge >= 0.3 is 0 Å². The lowest BCUT2D eigenvalue weighted by atomic mass is 10.0. The van der Waals surface area contributed by atoms with Crippen molar-refractivity contribution in [2.45, 2.75) is 12.8 Å². The number of hydrogen-bond acceptors (Lipinski definition) is 5. The summed E-state index contributed by atoms with van der Waals surface area (Å²) in [7, 11) is 1.62. The van der Waals surface area contributed by atoms with Gasteiger partial charge in [0.15, 0.2) is 0 Å². The summed E-state index contributed by atoms with van der Waals surface area (Å²) in [6.07, 6.45) is 3.23. The molecule has 1 aliphatic heterocycles. The van der Waals surface area contributed by atoms with Gasteiger partial charge in [0, 0.05) is 19.6 Å². The average Bonchev–Trinajstić information content (AvgIpc) is 2.94. The minimum atomic E-state index is 0.0357. The summed E-state index contributed by atoms with van der Waals surface area (Å²) in [5, 5.41) is 6.11. The lowest BCUT2D eigenvalue weighted by Crippen LogP contribution is -2.18. The molecule has 1 saturated heterocycles. The molecular weight excluding hydrogens is 258 g/mol. The van der Waals surface area contributed by atoms with Crippen LogP contribution in [0.2, 0.25) is 0 Å². The van der Waals surface area contributed by atoms with Crippen molar-refractivity contribution in [3.8, 4) is 5.88 Å². The predicted molar refractivity (Wildman–Crippen MR) is 75.8 cm³/mol. The van der Waals surface area contributed by atoms with Gasteiger partial charge in [0.25, 0.3) is 0 Å². The molecule has 1 aliphatic rings. The van der Waals surface area contributed by atoms with Crippen molar-refractivity contribution in [3.63, 3.8) is 0 Å². The lowest BCUT2D eigenvalue weighted by molar-refractivity contribution is -0.116. The first-order valence-corrected chi connectivity index (χ1v) is 6.86. The van der Waals surface area contributed by atoms with Crippen molar-refractivity contribution < 1.29 is 14.3 Å². The first kappa shape index (κ1) is 14.7. The van der Waals surface area contributed by atoms with E-state index in [4.69, 9.17) is 9.47 Å². The Morgan fingerprint density at radius 2 is 2.40 bits per heavy atom. The average molecular weight is 279 g/mol. The molecule has 2 rings (SSSR count). The summed E-state index contributed by atoms with van der Waals surface area (Å²) in [4.78, 5) is 16.0. The molecule has 2 heterocycles. The Morgan fingerprint density at radius 1 is 1.50 bits per heavy atom. The molecule has 6 nitrogen and oxygen atoms in total. The van der Waals surface area contributed by atoms with E-state index in [1.807, 2.05) is 0 Å². The minimum absolute atomic E-state index is 0.0357. The second-order valence-corrected chi connectivity index (χ2v) is 4.84. The largest absolute Gasteiger partial charge is 0.475 e. The minimum Gasteiger partial charge on any atom is -0.475 e. The molecule has 1 unspecified atom stereocenters. The van der Waals surface area contributed by atoms with E-state index in [0.717, 1.165) is 19.5 Å². The first-order valence-electron chi connectivity index (χ1n) is 6.86. The second kappa shape index (κ2) is 7.81. The number of carbonyl (C=O) groups excluding carboxylic acids is 1. The molecule has 0 spiro atoms. The van der Waals surface area contributed by atoms with Crippen LogP contribution in [0.3, 0.4) is 0 Å². The zero-order valence-electron chi connectivity index (χ0n) is 11.7. The van der Waals surface area contributed by atoms with Gasteiger partial charge in [-0.1, -0.05) is 0 Å². The molecule has 0 aromatic carbocycles. The summed E-state index contributed by atoms with van der Waals surface area (Å²) >= 11 is 0. The number of amides is 1. The van der Waals surface area contributed by atoms with E-state index in [-0.39, 0.29) is 5.91 Å². The van der Waals surface area contributed by atoms with E-state index < -0.39 is 0 Å². The molecule has 0 saturated carbocycles. The number of nitrogens with one attached hydrogen (secondary N) is 2. The SMILES string of the molecule is COCCOc1ccc(NC(=O)CC2CCNC2)cn1. The van der Waals surface area contributed by atoms with Crippen molar-refractivity contribution in [2.75, 3.05) is 38.7 Å². The Kier molecular flexibility index (Phi) is 5.76. The Labute approximate surface area is 118 Å². The number of ether oxygens (including phenoxy) is 2. The molecule has 1 amide bonds. The first-order chi connectivity index (χ1) is 9.78. The van der Waals surface area contributed by atoms with Gasteiger partial charge in [0.05, 0.1) is 18.5 Å². The van der Waals surface area contributed by atoms with E-state index in [1.165, 1.54) is 0 Å². The van der Waals surface area contributed by atoms with E-state index in [1.54, 1.807) is 25.4 Å². The van der Waals surface area contributed by atoms with Crippen LogP contribution in [0, 0.1) is 5.92 Å². The molecule has 0 aliphatic carbocycles. The highest BCUT2D eigenvalue weighted by molar-refractivity contribution is 5.90. The van der Waals surface area contributed by atoms with E-state index in [9.17, 15) is 4.79 Å². The monoisotopic (exact) mass is 279 g/mol. The predicted octanol–water partition coefficient (Wildman–Crippen LogP) is 1.04. The maximum atomic E-state index is 11.8. The van der Waals surface area contributed by atoms with Crippen LogP contribution in [0.5, 0.6) is 5.88 Å². The highest BCUT2D eigenvalue weighted by Crippen LogP contribution is 2.15. The van der Waals surface area contributed by atoms with Crippen LogP contribution in [0.15, 0.2) is 18.3 Å². The molecule has 0 bridgehead atoms. The number of pyridine rings is 1. The van der Waals surface area contributed by atoms with Crippen molar-refractivity contribution in [1.82, 2.24) is 10.3 Å². The zero-order valence-corrected chi connectivity index (χ0v) is 11.7. The van der Waals surface area contributed by atoms with E-state index in [0.29, 0.717) is 37.1 Å². The molecule has 1 aromatic heterocycles. The van der Waals surface area contributed by atoms with Crippen LogP contribution in [-0.2, 0) is 9.53 Å². The van der Waals surface area contributed by atoms with Crippen molar-refractivity contribution >= 4 is 11.6 Å². The fourth-order valence-electron chi connectivity index (χ4n) is 2.13. The third-order valence-electron chi connectivity index (χ3n) is 3.19. The maximum absolute atomic E-state index is 11.8. The fraction of sp³-hybridized carbons (Fsp3) is 0.571. The number of anilines is 1. The van der Waals surface area contributed by atoms with Crippen LogP contribution in [0.1, 0.15) is 12.8 Å². The summed E-state index contributed by atoms with van der Waals surface area (Å²) in [6.45, 7) is 2.92. The Balaban J connectivity index is 1.76. The van der Waals surface area contributed by atoms with Gasteiger partial charge in [-0.3, -0.25) is 4.79 Å². The van der Waals surface area contributed by atoms with Crippen molar-refractivity contribution in [2.24, 2.45) is 5.92 Å². The fourth-order valence-corrected chi connectivity index (χ4v) is 2.13. The Bertz CT molecular complexity index is 416. The van der Waals surface area contributed by atoms with Crippen LogP contribution < -0.4 is 15.4 Å². The van der Waals surface area contributed by atoms with Gasteiger partial charge in [-0.05, 0) is 31.5 Å². The van der Waals surface area contributed by atoms with Crippen LogP contribution in [0.25, 0.3) is 0 Å². The number of aromatic nitrogens is 1. The Morgan fingerprint density at radius 3 is 3.05 bits per heavy atom. The maximum Gasteiger partial charge on any atom is 0.224 e. The van der Waals surface area contributed by atoms with Gasteiger partial charge in [-0.25, -0.2) is 4.98 Å². The quantitative estimate of drug-likeness (QED) is 0.730. The number of methoxy groups -OCH3 is 1. The third-order valence-corrected chi connectivity index (χ3v) is 3.19. The number of hydrogen-bond donors (Lipinski definition) is 2. The van der Waals surface area contributed by atoms with Crippen LogP contribution in [-0.4, -0.2) is 44.3 Å². The molecule has 20 heavy (non-hydrogen) atoms. The highest BCUT2D eigenvalue weighted by atomic mass is 16.5. The molecule has 1 fully saturated rings. The summed E-state index contributed by atoms with van der Waals surface area (Å²) in [6, 6.07) is 3.53. The lowest BCUT2D eigenvalue weighted by Gasteiger charge is -2.09. The molecule has 2 N–H and O–H groups in total. The van der Waals surface area contributed by atoms with Gasteiger partial charge in [0.2, 0.25) is 11.8 Å². The molecular formula is C14H21N3O3. The second-order valence-electron chi connectivity index (χ2n) is 4.84. The van der Waals surface area contributed by atoms with Gasteiger partial charge in [-0.2, -0.15) is 0 Å². The summed E-state index contributed by atoms with van der Waals surface area (Å²) in [5.74, 6) is 1.01. The molecule has 0 radical (unpaired) electrons. The molecule has 1 atom stereocenters. The normalized spacial score (nSPS) is 17.9. The topological polar surface area (TPSA) is 72.5 Å². The number of carbonyl (C=O) groups is 1. The molecule has 110 valence electrons. The standard InChI is InChI=1S/C14H21N3O3/c1-19-6-7-20-14-3-2-12(10-16-14)17-13(18)8-11-4-5-15-9-11/h2-3,10-11,15H,4-9H2,1H3,(H,17,18). The summed E-state index contributed by atoms with van der Waals surface area (Å²) in [5.41, 5.74) is 0.694. The molecule has 6 heteroatoms. The van der Waals surface area contributed by atoms with Crippen LogP contribution in [0.4, 0.5) is 5.69 Å². The van der Waals surface area contributed by atoms with E-state index >= 15 is 0 Å². The zero-order chi connectivity index (χ0) is 14.2. The number of nitrogens with zero attached hydrogens (tertiary/aromatic N) is 1. The third kappa shape index (κ3) is 4.79. The number of rotatable bonds is 7. The van der Waals surface area contributed by atoms with Gasteiger partial charge < -0.3 is 20.1 Å². The Hall–Kier alpha value is -1.66. The van der Waals surface area contributed by atoms with Crippen molar-refractivity contribution in [1.29, 1.82) is 0 Å². The van der Waals surface area contributed by atoms with Gasteiger partial charge in [0.1, 0.15) is 6.61 Å². The van der Waals surface area contributed by atoms with Gasteiger partial charge in [-0.15, -0.1) is 0 Å². The summed E-state index contributed by atoms with van der Waals surface area (Å²) < 4.78 is 10.2. The van der Waals surface area contributed by atoms with Crippen molar-refractivity contribution in [3.05, 3.63) is 18.3 Å². The van der Waals surface area contributed by atoms with E-state index in [2.05, 4.69) is 15.6 Å². The van der Waals surface area contributed by atoms with Crippen LogP contribution >= 0.6 is 0 Å². The molecule has 1 aromatic rings.